The molecule has 0 saturated carbocycles. The number of hydrogen-bond acceptors (Lipinski definition) is 8. The molecule has 0 spiro atoms. The molecular formula is C30H40N4O6. The Morgan fingerprint density at radius 1 is 0.725 bits per heavy atom. The Morgan fingerprint density at radius 2 is 1.07 bits per heavy atom. The van der Waals surface area contributed by atoms with Crippen LogP contribution in [0.1, 0.15) is 37.8 Å². The van der Waals surface area contributed by atoms with Gasteiger partial charge in [0.05, 0.1) is 12.3 Å². The van der Waals surface area contributed by atoms with E-state index < -0.39 is 11.9 Å². The average molecular weight is 553 g/mol. The Labute approximate surface area is 235 Å². The Morgan fingerprint density at radius 3 is 1.40 bits per heavy atom. The van der Waals surface area contributed by atoms with Crippen molar-refractivity contribution in [3.63, 3.8) is 0 Å². The van der Waals surface area contributed by atoms with E-state index in [1.54, 1.807) is 12.1 Å². The van der Waals surface area contributed by atoms with Gasteiger partial charge in [-0.15, -0.1) is 0 Å². The van der Waals surface area contributed by atoms with Gasteiger partial charge in [-0.05, 0) is 74.5 Å². The lowest BCUT2D eigenvalue weighted by atomic mass is 9.81. The van der Waals surface area contributed by atoms with Gasteiger partial charge in [0.2, 0.25) is 0 Å². The molecule has 40 heavy (non-hydrogen) atoms. The number of anilines is 2. The topological polar surface area (TPSA) is 128 Å². The first-order valence-corrected chi connectivity index (χ1v) is 13.4. The minimum Gasteiger partial charge on any atom is -0.508 e. The molecule has 0 unspecified atom stereocenters. The zero-order chi connectivity index (χ0) is 29.6. The normalized spacial score (nSPS) is 28.2. The SMILES string of the molecule is CN1CC[C@@]2(C)c3cc(O)ccc3N(C)[C@@H]12.CN1CC[C@@]2(C)c3cc(O)ccc3N(C)[C@@H]12.O=C(O)/C=C/C(=O)O. The van der Waals surface area contributed by atoms with Gasteiger partial charge in [0.1, 0.15) is 11.5 Å². The molecule has 0 aliphatic carbocycles. The quantitative estimate of drug-likeness (QED) is 0.412. The highest BCUT2D eigenvalue weighted by atomic mass is 16.4. The van der Waals surface area contributed by atoms with Crippen LogP contribution in [0, 0.1) is 0 Å². The molecule has 4 aliphatic rings. The molecule has 2 fully saturated rings. The van der Waals surface area contributed by atoms with E-state index in [-0.39, 0.29) is 10.8 Å². The fraction of sp³-hybridized carbons (Fsp3) is 0.467. The van der Waals surface area contributed by atoms with Crippen molar-refractivity contribution in [1.82, 2.24) is 9.80 Å². The summed E-state index contributed by atoms with van der Waals surface area (Å²) in [6.07, 6.45) is 4.31. The van der Waals surface area contributed by atoms with Crippen LogP contribution in [-0.2, 0) is 20.4 Å². The molecular weight excluding hydrogens is 512 g/mol. The molecule has 0 radical (unpaired) electrons. The van der Waals surface area contributed by atoms with Crippen LogP contribution in [-0.4, -0.2) is 95.8 Å². The van der Waals surface area contributed by atoms with E-state index in [1.165, 1.54) is 22.5 Å². The fourth-order valence-electron chi connectivity index (χ4n) is 7.27. The van der Waals surface area contributed by atoms with Crippen LogP contribution >= 0.6 is 0 Å². The molecule has 10 nitrogen and oxygen atoms in total. The second-order valence-electron chi connectivity index (χ2n) is 11.7. The summed E-state index contributed by atoms with van der Waals surface area (Å²) < 4.78 is 0. The molecule has 4 N–H and O–H groups in total. The zero-order valence-electron chi connectivity index (χ0n) is 24.0. The first kappa shape index (κ1) is 29.2. The molecule has 2 aromatic carbocycles. The number of phenolic OH excluding ortho intramolecular Hbond substituents is 2. The van der Waals surface area contributed by atoms with E-state index in [9.17, 15) is 19.8 Å². The highest BCUT2D eigenvalue weighted by Crippen LogP contribution is 2.52. The molecule has 10 heteroatoms. The van der Waals surface area contributed by atoms with Gasteiger partial charge < -0.3 is 30.2 Å². The summed E-state index contributed by atoms with van der Waals surface area (Å²) in [7, 11) is 8.65. The van der Waals surface area contributed by atoms with E-state index >= 15 is 0 Å². The molecule has 0 aromatic heterocycles. The van der Waals surface area contributed by atoms with Gasteiger partial charge in [-0.3, -0.25) is 9.80 Å². The molecule has 0 bridgehead atoms. The van der Waals surface area contributed by atoms with Gasteiger partial charge in [0.25, 0.3) is 0 Å². The van der Waals surface area contributed by atoms with Gasteiger partial charge in [-0.2, -0.15) is 0 Å². The van der Waals surface area contributed by atoms with Crippen molar-refractivity contribution in [2.75, 3.05) is 51.1 Å². The summed E-state index contributed by atoms with van der Waals surface area (Å²) >= 11 is 0. The summed E-state index contributed by atoms with van der Waals surface area (Å²) in [4.78, 5) is 28.6. The second-order valence-corrected chi connectivity index (χ2v) is 11.7. The smallest absolute Gasteiger partial charge is 0.328 e. The highest BCUT2D eigenvalue weighted by Gasteiger charge is 2.53. The third-order valence-electron chi connectivity index (χ3n) is 9.00. The Balaban J connectivity index is 0.000000148. The van der Waals surface area contributed by atoms with Gasteiger partial charge in [-0.1, -0.05) is 13.8 Å². The number of carboxylic acid groups (broad SMARTS) is 2. The molecule has 0 amide bonds. The van der Waals surface area contributed by atoms with Crippen LogP contribution in [0.3, 0.4) is 0 Å². The number of likely N-dealkylation sites (N-methyl/N-ethyl adjacent to an activating group) is 4. The lowest BCUT2D eigenvalue weighted by Gasteiger charge is -2.32. The Kier molecular flexibility index (Phi) is 7.79. The van der Waals surface area contributed by atoms with Gasteiger partial charge >= 0.3 is 11.9 Å². The van der Waals surface area contributed by atoms with Crippen molar-refractivity contribution >= 4 is 23.3 Å². The van der Waals surface area contributed by atoms with Crippen LogP contribution in [0.15, 0.2) is 48.6 Å². The van der Waals surface area contributed by atoms with Crippen LogP contribution in [0.4, 0.5) is 11.4 Å². The summed E-state index contributed by atoms with van der Waals surface area (Å²) in [5.41, 5.74) is 5.44. The first-order valence-electron chi connectivity index (χ1n) is 13.4. The Bertz CT molecular complexity index is 1230. The number of fused-ring (bicyclic) bond motifs is 6. The highest BCUT2D eigenvalue weighted by molar-refractivity contribution is 5.89. The standard InChI is InChI=1S/2C13H18N2O.C4H4O4/c2*1-13-6-7-14(2)12(13)15(3)11-5-4-9(16)8-10(11)13;5-3(6)1-2-4(7)8/h2*4-5,8,12,16H,6-7H2,1-3H3;1-2H,(H,5,6)(H,7,8)/b;;2-1+/t2*12-,13+;/m11./s1. The molecule has 4 heterocycles. The molecule has 4 aliphatic heterocycles. The number of benzene rings is 2. The number of nitrogens with zero attached hydrogens (tertiary/aromatic N) is 4. The monoisotopic (exact) mass is 552 g/mol. The number of carbonyl (C=O) groups is 2. The van der Waals surface area contributed by atoms with Crippen molar-refractivity contribution in [2.45, 2.75) is 49.9 Å². The van der Waals surface area contributed by atoms with Crippen molar-refractivity contribution in [3.05, 3.63) is 59.7 Å². The van der Waals surface area contributed by atoms with Crippen molar-refractivity contribution < 1.29 is 30.0 Å². The largest absolute Gasteiger partial charge is 0.508 e. The van der Waals surface area contributed by atoms with Crippen LogP contribution in [0.2, 0.25) is 0 Å². The summed E-state index contributed by atoms with van der Waals surface area (Å²) in [6, 6.07) is 11.5. The van der Waals surface area contributed by atoms with Crippen LogP contribution in [0.25, 0.3) is 0 Å². The summed E-state index contributed by atoms with van der Waals surface area (Å²) in [5, 5.41) is 34.9. The van der Waals surface area contributed by atoms with Crippen molar-refractivity contribution in [1.29, 1.82) is 0 Å². The molecule has 216 valence electrons. The third-order valence-corrected chi connectivity index (χ3v) is 9.00. The van der Waals surface area contributed by atoms with Crippen molar-refractivity contribution in [2.24, 2.45) is 0 Å². The van der Waals surface area contributed by atoms with E-state index in [0.717, 1.165) is 25.9 Å². The van der Waals surface area contributed by atoms with Crippen LogP contribution in [0.5, 0.6) is 11.5 Å². The number of aromatic hydroxyl groups is 2. The maximum Gasteiger partial charge on any atom is 0.328 e. The number of phenols is 2. The number of hydrogen-bond donors (Lipinski definition) is 4. The van der Waals surface area contributed by atoms with Gasteiger partial charge in [0, 0.05) is 61.5 Å². The molecule has 4 atom stereocenters. The summed E-state index contributed by atoms with van der Waals surface area (Å²) in [6.45, 7) is 6.87. The van der Waals surface area contributed by atoms with E-state index in [4.69, 9.17) is 10.2 Å². The first-order chi connectivity index (χ1) is 18.7. The number of aliphatic carboxylic acids is 2. The lowest BCUT2D eigenvalue weighted by molar-refractivity contribution is -0.134. The maximum atomic E-state index is 9.65. The molecule has 2 saturated heterocycles. The van der Waals surface area contributed by atoms with Crippen molar-refractivity contribution in [3.8, 4) is 11.5 Å². The third kappa shape index (κ3) is 4.97. The average Bonchev–Trinajstić information content (AvgIpc) is 3.51. The maximum absolute atomic E-state index is 9.65. The predicted molar refractivity (Wildman–Crippen MR) is 154 cm³/mol. The minimum absolute atomic E-state index is 0.164. The molecule has 6 rings (SSSR count). The predicted octanol–water partition coefficient (Wildman–Crippen LogP) is 3.23. The minimum atomic E-state index is -1.26. The second kappa shape index (κ2) is 10.7. The number of likely N-dealkylation sites (tertiary alicyclic amines) is 2. The van der Waals surface area contributed by atoms with E-state index in [2.05, 4.69) is 61.6 Å². The van der Waals surface area contributed by atoms with E-state index in [1.807, 2.05) is 24.3 Å². The Hall–Kier alpha value is -3.76. The van der Waals surface area contributed by atoms with Gasteiger partial charge in [0.15, 0.2) is 0 Å². The van der Waals surface area contributed by atoms with E-state index in [0.29, 0.717) is 36.0 Å². The summed E-state index contributed by atoms with van der Waals surface area (Å²) in [5.74, 6) is -1.76. The van der Waals surface area contributed by atoms with Gasteiger partial charge in [-0.25, -0.2) is 9.59 Å². The fourth-order valence-corrected chi connectivity index (χ4v) is 7.27. The molecule has 2 aromatic rings. The lowest BCUT2D eigenvalue weighted by Crippen LogP contribution is -2.45. The van der Waals surface area contributed by atoms with Crippen LogP contribution < -0.4 is 9.80 Å². The zero-order valence-corrected chi connectivity index (χ0v) is 24.0. The number of rotatable bonds is 2. The number of carboxylic acids is 2.